The molecule has 1 N–H and O–H groups in total. The lowest BCUT2D eigenvalue weighted by Crippen LogP contribution is -2.12. The van der Waals surface area contributed by atoms with Gasteiger partial charge in [-0.3, -0.25) is 4.79 Å². The maximum atomic E-state index is 11.3. The summed E-state index contributed by atoms with van der Waals surface area (Å²) < 4.78 is 0.892. The predicted octanol–water partition coefficient (Wildman–Crippen LogP) is 4.59. The summed E-state index contributed by atoms with van der Waals surface area (Å²) in [7, 11) is 0. The van der Waals surface area contributed by atoms with E-state index in [1.165, 1.54) is 12.8 Å². The number of halogens is 1. The van der Waals surface area contributed by atoms with Crippen molar-refractivity contribution in [3.05, 3.63) is 34.3 Å². The largest absolute Gasteiger partial charge is 0.481 e. The predicted molar refractivity (Wildman–Crippen MR) is 73.3 cm³/mol. The number of aliphatic carboxylic acids is 1. The Morgan fingerprint density at radius 3 is 2.59 bits per heavy atom. The topological polar surface area (TPSA) is 37.3 Å². The quantitative estimate of drug-likeness (QED) is 0.748. The monoisotopic (exact) mass is 298 g/mol. The number of benzene rings is 1. The molecule has 0 heterocycles. The lowest BCUT2D eigenvalue weighted by molar-refractivity contribution is -0.139. The number of hydrogen-bond acceptors (Lipinski definition) is 1. The van der Waals surface area contributed by atoms with Crippen molar-refractivity contribution in [2.75, 3.05) is 0 Å². The van der Waals surface area contributed by atoms with Gasteiger partial charge < -0.3 is 5.11 Å². The van der Waals surface area contributed by atoms with Crippen molar-refractivity contribution >= 4 is 21.9 Å². The van der Waals surface area contributed by atoms with Gasteiger partial charge in [0.1, 0.15) is 0 Å². The van der Waals surface area contributed by atoms with Gasteiger partial charge in [-0.05, 0) is 18.1 Å². The molecule has 0 saturated carbocycles. The van der Waals surface area contributed by atoms with Crippen LogP contribution >= 0.6 is 15.9 Å². The molecule has 0 aromatic heterocycles. The molecule has 0 aliphatic heterocycles. The van der Waals surface area contributed by atoms with Gasteiger partial charge in [-0.2, -0.15) is 0 Å². The molecule has 0 radical (unpaired) electrons. The van der Waals surface area contributed by atoms with Crippen molar-refractivity contribution in [2.24, 2.45) is 0 Å². The van der Waals surface area contributed by atoms with E-state index in [0.29, 0.717) is 0 Å². The zero-order valence-electron chi connectivity index (χ0n) is 10.2. The van der Waals surface area contributed by atoms with Crippen LogP contribution in [0.15, 0.2) is 28.7 Å². The summed E-state index contributed by atoms with van der Waals surface area (Å²) >= 11 is 3.42. The maximum absolute atomic E-state index is 11.3. The summed E-state index contributed by atoms with van der Waals surface area (Å²) in [5.41, 5.74) is 0.886. The zero-order valence-corrected chi connectivity index (χ0v) is 11.7. The highest BCUT2D eigenvalue weighted by Gasteiger charge is 2.21. The van der Waals surface area contributed by atoms with Crippen molar-refractivity contribution in [1.82, 2.24) is 0 Å². The minimum Gasteiger partial charge on any atom is -0.481 e. The molecule has 1 atom stereocenters. The molecule has 17 heavy (non-hydrogen) atoms. The first kappa shape index (κ1) is 14.2. The summed E-state index contributed by atoms with van der Waals surface area (Å²) in [4.78, 5) is 11.3. The first-order chi connectivity index (χ1) is 8.16. The average Bonchev–Trinajstić information content (AvgIpc) is 2.30. The van der Waals surface area contributed by atoms with Gasteiger partial charge in [0, 0.05) is 4.47 Å². The molecular formula is C14H19BrO2. The van der Waals surface area contributed by atoms with E-state index in [1.807, 2.05) is 24.3 Å². The molecule has 1 unspecified atom stereocenters. The fourth-order valence-corrected chi connectivity index (χ4v) is 2.51. The van der Waals surface area contributed by atoms with Gasteiger partial charge >= 0.3 is 5.97 Å². The Morgan fingerprint density at radius 2 is 2.00 bits per heavy atom. The molecule has 0 amide bonds. The molecule has 0 fully saturated rings. The Morgan fingerprint density at radius 1 is 1.29 bits per heavy atom. The Hall–Kier alpha value is -0.830. The van der Waals surface area contributed by atoms with Gasteiger partial charge in [-0.1, -0.05) is 66.7 Å². The second kappa shape index (κ2) is 7.49. The van der Waals surface area contributed by atoms with E-state index in [1.54, 1.807) is 0 Å². The van der Waals surface area contributed by atoms with E-state index < -0.39 is 5.97 Å². The highest BCUT2D eigenvalue weighted by atomic mass is 79.9. The van der Waals surface area contributed by atoms with Gasteiger partial charge in [-0.25, -0.2) is 0 Å². The number of carboxylic acids is 1. The lowest BCUT2D eigenvalue weighted by atomic mass is 9.93. The third kappa shape index (κ3) is 4.50. The average molecular weight is 299 g/mol. The van der Waals surface area contributed by atoms with Gasteiger partial charge in [0.15, 0.2) is 0 Å². The van der Waals surface area contributed by atoms with Crippen molar-refractivity contribution < 1.29 is 9.90 Å². The molecule has 0 aliphatic carbocycles. The van der Waals surface area contributed by atoms with Crippen LogP contribution in [-0.4, -0.2) is 11.1 Å². The van der Waals surface area contributed by atoms with Gasteiger partial charge in [-0.15, -0.1) is 0 Å². The van der Waals surface area contributed by atoms with Crippen LogP contribution in [0.1, 0.15) is 50.5 Å². The van der Waals surface area contributed by atoms with E-state index in [-0.39, 0.29) is 5.92 Å². The summed E-state index contributed by atoms with van der Waals surface area (Å²) in [6.45, 7) is 2.16. The Kier molecular flexibility index (Phi) is 6.27. The third-order valence-electron chi connectivity index (χ3n) is 2.93. The van der Waals surface area contributed by atoms with Gasteiger partial charge in [0.25, 0.3) is 0 Å². The summed E-state index contributed by atoms with van der Waals surface area (Å²) in [6.07, 6.45) is 5.17. The van der Waals surface area contributed by atoms with Gasteiger partial charge in [0.05, 0.1) is 5.92 Å². The Bertz CT molecular complexity index is 363. The number of carbonyl (C=O) groups is 1. The van der Waals surface area contributed by atoms with Crippen LogP contribution in [0.3, 0.4) is 0 Å². The van der Waals surface area contributed by atoms with E-state index in [0.717, 1.165) is 29.3 Å². The SMILES string of the molecule is CCCCCCC(C(=O)O)c1ccccc1Br. The molecule has 1 rings (SSSR count). The molecule has 0 saturated heterocycles. The highest BCUT2D eigenvalue weighted by molar-refractivity contribution is 9.10. The maximum Gasteiger partial charge on any atom is 0.311 e. The molecular weight excluding hydrogens is 280 g/mol. The standard InChI is InChI=1S/C14H19BrO2/c1-2-3-4-5-9-12(14(16)17)11-8-6-7-10-13(11)15/h6-8,10,12H,2-5,9H2,1H3,(H,16,17). The first-order valence-corrected chi connectivity index (χ1v) is 6.93. The molecule has 1 aromatic carbocycles. The Balaban J connectivity index is 2.66. The number of rotatable bonds is 7. The number of carboxylic acid groups (broad SMARTS) is 1. The van der Waals surface area contributed by atoms with Crippen LogP contribution in [0.2, 0.25) is 0 Å². The highest BCUT2D eigenvalue weighted by Crippen LogP contribution is 2.29. The minimum atomic E-state index is -0.728. The minimum absolute atomic E-state index is 0.387. The Labute approximate surface area is 111 Å². The van der Waals surface area contributed by atoms with Crippen LogP contribution in [-0.2, 0) is 4.79 Å². The van der Waals surface area contributed by atoms with Crippen LogP contribution in [0.25, 0.3) is 0 Å². The fraction of sp³-hybridized carbons (Fsp3) is 0.500. The van der Waals surface area contributed by atoms with E-state index in [4.69, 9.17) is 0 Å². The van der Waals surface area contributed by atoms with E-state index >= 15 is 0 Å². The molecule has 2 nitrogen and oxygen atoms in total. The third-order valence-corrected chi connectivity index (χ3v) is 3.65. The fourth-order valence-electron chi connectivity index (χ4n) is 1.94. The molecule has 94 valence electrons. The lowest BCUT2D eigenvalue weighted by Gasteiger charge is -2.14. The van der Waals surface area contributed by atoms with Crippen molar-refractivity contribution in [1.29, 1.82) is 0 Å². The zero-order chi connectivity index (χ0) is 12.7. The molecule has 0 aliphatic rings. The van der Waals surface area contributed by atoms with Crippen LogP contribution in [0.5, 0.6) is 0 Å². The number of unbranched alkanes of at least 4 members (excludes halogenated alkanes) is 3. The van der Waals surface area contributed by atoms with Crippen LogP contribution in [0, 0.1) is 0 Å². The smallest absolute Gasteiger partial charge is 0.311 e. The molecule has 3 heteroatoms. The van der Waals surface area contributed by atoms with Crippen molar-refractivity contribution in [3.8, 4) is 0 Å². The van der Waals surface area contributed by atoms with Gasteiger partial charge in [0.2, 0.25) is 0 Å². The molecule has 0 bridgehead atoms. The summed E-state index contributed by atoms with van der Waals surface area (Å²) in [5, 5.41) is 9.29. The summed E-state index contributed by atoms with van der Waals surface area (Å²) in [6, 6.07) is 7.59. The summed E-state index contributed by atoms with van der Waals surface area (Å²) in [5.74, 6) is -1.11. The number of hydrogen-bond donors (Lipinski definition) is 1. The molecule has 1 aromatic rings. The second-order valence-electron chi connectivity index (χ2n) is 4.26. The van der Waals surface area contributed by atoms with Crippen molar-refractivity contribution in [3.63, 3.8) is 0 Å². The first-order valence-electron chi connectivity index (χ1n) is 6.14. The second-order valence-corrected chi connectivity index (χ2v) is 5.12. The normalized spacial score (nSPS) is 12.4. The van der Waals surface area contributed by atoms with E-state index in [2.05, 4.69) is 22.9 Å². The van der Waals surface area contributed by atoms with Crippen LogP contribution in [0.4, 0.5) is 0 Å². The molecule has 0 spiro atoms. The van der Waals surface area contributed by atoms with Crippen LogP contribution < -0.4 is 0 Å². The van der Waals surface area contributed by atoms with E-state index in [9.17, 15) is 9.90 Å². The van der Waals surface area contributed by atoms with Crippen molar-refractivity contribution in [2.45, 2.75) is 44.9 Å².